The van der Waals surface area contributed by atoms with Crippen LogP contribution in [0.3, 0.4) is 0 Å². The highest BCUT2D eigenvalue weighted by Crippen LogP contribution is 2.42. The zero-order chi connectivity index (χ0) is 24.2. The van der Waals surface area contributed by atoms with Crippen LogP contribution in [0.15, 0.2) is 30.5 Å². The number of nitriles is 1. The van der Waals surface area contributed by atoms with Crippen molar-refractivity contribution in [1.82, 2.24) is 9.88 Å². The molecule has 1 aromatic carbocycles. The SMILES string of the molecule is COc1cc(N2CC(C(=O)N3CCN(c4ncccc4C#N)CC3)CC2=O)cc(OC)c1OC. The summed E-state index contributed by atoms with van der Waals surface area (Å²) in [4.78, 5) is 35.8. The molecule has 34 heavy (non-hydrogen) atoms. The minimum atomic E-state index is -0.428. The number of nitrogens with zero attached hydrogens (tertiary/aromatic N) is 5. The molecule has 0 saturated carbocycles. The van der Waals surface area contributed by atoms with E-state index < -0.39 is 5.92 Å². The summed E-state index contributed by atoms with van der Waals surface area (Å²) in [7, 11) is 4.55. The lowest BCUT2D eigenvalue weighted by Gasteiger charge is -2.36. The number of amides is 2. The summed E-state index contributed by atoms with van der Waals surface area (Å²) in [5, 5.41) is 9.33. The molecular formula is C24H27N5O5. The normalized spacial score (nSPS) is 18.0. The van der Waals surface area contributed by atoms with Gasteiger partial charge < -0.3 is 28.9 Å². The van der Waals surface area contributed by atoms with Crippen molar-refractivity contribution < 1.29 is 23.8 Å². The maximum absolute atomic E-state index is 13.2. The molecule has 0 aliphatic carbocycles. The van der Waals surface area contributed by atoms with Crippen LogP contribution in [0.25, 0.3) is 0 Å². The second-order valence-electron chi connectivity index (χ2n) is 8.09. The number of pyridine rings is 1. The third-order valence-electron chi connectivity index (χ3n) is 6.23. The predicted molar refractivity (Wildman–Crippen MR) is 124 cm³/mol. The number of benzene rings is 1. The number of carbonyl (C=O) groups is 2. The van der Waals surface area contributed by atoms with E-state index in [0.717, 1.165) is 0 Å². The fourth-order valence-electron chi connectivity index (χ4n) is 4.48. The maximum Gasteiger partial charge on any atom is 0.228 e. The van der Waals surface area contributed by atoms with Gasteiger partial charge in [0.2, 0.25) is 17.6 Å². The topological polar surface area (TPSA) is 108 Å². The van der Waals surface area contributed by atoms with Gasteiger partial charge in [-0.3, -0.25) is 9.59 Å². The summed E-state index contributed by atoms with van der Waals surface area (Å²) >= 11 is 0. The fourth-order valence-corrected chi connectivity index (χ4v) is 4.48. The number of ether oxygens (including phenoxy) is 3. The van der Waals surface area contributed by atoms with Crippen LogP contribution in [-0.4, -0.2) is 75.8 Å². The molecule has 2 saturated heterocycles. The summed E-state index contributed by atoms with van der Waals surface area (Å²) in [6.07, 6.45) is 1.81. The molecule has 2 amide bonds. The summed E-state index contributed by atoms with van der Waals surface area (Å²) in [5.41, 5.74) is 1.11. The number of piperazine rings is 1. The lowest BCUT2D eigenvalue weighted by atomic mass is 10.1. The van der Waals surface area contributed by atoms with E-state index in [-0.39, 0.29) is 24.8 Å². The van der Waals surface area contributed by atoms with E-state index in [1.54, 1.807) is 40.3 Å². The second-order valence-corrected chi connectivity index (χ2v) is 8.09. The van der Waals surface area contributed by atoms with Crippen LogP contribution in [0.5, 0.6) is 17.2 Å². The van der Waals surface area contributed by atoms with Gasteiger partial charge in [0.1, 0.15) is 11.9 Å². The molecule has 0 radical (unpaired) electrons. The molecule has 2 aliphatic rings. The van der Waals surface area contributed by atoms with Gasteiger partial charge in [0.05, 0.1) is 38.5 Å². The van der Waals surface area contributed by atoms with Crippen molar-refractivity contribution in [2.75, 3.05) is 63.9 Å². The molecule has 1 atom stereocenters. The summed E-state index contributed by atoms with van der Waals surface area (Å²) in [6.45, 7) is 2.46. The molecule has 2 aromatic rings. The van der Waals surface area contributed by atoms with E-state index >= 15 is 0 Å². The molecule has 2 aliphatic heterocycles. The van der Waals surface area contributed by atoms with Gasteiger partial charge in [-0.25, -0.2) is 4.98 Å². The predicted octanol–water partition coefficient (Wildman–Crippen LogP) is 1.68. The Bertz CT molecular complexity index is 1100. The van der Waals surface area contributed by atoms with Crippen molar-refractivity contribution >= 4 is 23.3 Å². The Kier molecular flexibility index (Phi) is 6.72. The van der Waals surface area contributed by atoms with Gasteiger partial charge in [-0.15, -0.1) is 0 Å². The molecule has 10 heteroatoms. The molecule has 10 nitrogen and oxygen atoms in total. The van der Waals surface area contributed by atoms with E-state index in [4.69, 9.17) is 14.2 Å². The van der Waals surface area contributed by atoms with E-state index in [0.29, 0.717) is 60.5 Å². The van der Waals surface area contributed by atoms with Crippen molar-refractivity contribution in [1.29, 1.82) is 5.26 Å². The Morgan fingerprint density at radius 3 is 2.35 bits per heavy atom. The third-order valence-corrected chi connectivity index (χ3v) is 6.23. The molecular weight excluding hydrogens is 438 g/mol. The Labute approximate surface area is 198 Å². The van der Waals surface area contributed by atoms with Gasteiger partial charge in [-0.2, -0.15) is 5.26 Å². The zero-order valence-electron chi connectivity index (χ0n) is 19.5. The van der Waals surface area contributed by atoms with Crippen LogP contribution in [0.2, 0.25) is 0 Å². The Balaban J connectivity index is 1.44. The highest BCUT2D eigenvalue weighted by Gasteiger charge is 2.38. The van der Waals surface area contributed by atoms with Gasteiger partial charge in [-0.05, 0) is 12.1 Å². The van der Waals surface area contributed by atoms with E-state index in [1.165, 1.54) is 21.3 Å². The lowest BCUT2D eigenvalue weighted by Crippen LogP contribution is -2.51. The summed E-state index contributed by atoms with van der Waals surface area (Å²) in [5.74, 6) is 1.38. The monoisotopic (exact) mass is 465 g/mol. The number of methoxy groups -OCH3 is 3. The number of aromatic nitrogens is 1. The smallest absolute Gasteiger partial charge is 0.228 e. The van der Waals surface area contributed by atoms with Crippen LogP contribution in [-0.2, 0) is 9.59 Å². The Morgan fingerprint density at radius 2 is 1.76 bits per heavy atom. The van der Waals surface area contributed by atoms with Crippen molar-refractivity contribution in [2.45, 2.75) is 6.42 Å². The standard InChI is InChI=1S/C24H27N5O5/c1-32-19-12-18(13-20(33-2)22(19)34-3)29-15-17(11-21(29)30)24(31)28-9-7-27(8-10-28)23-16(14-25)5-4-6-26-23/h4-6,12-13,17H,7-11,15H2,1-3H3. The first-order valence-electron chi connectivity index (χ1n) is 11.0. The fraction of sp³-hybridized carbons (Fsp3) is 0.417. The molecule has 0 spiro atoms. The van der Waals surface area contributed by atoms with Crippen molar-refractivity contribution in [3.8, 4) is 23.3 Å². The average Bonchev–Trinajstić information content (AvgIpc) is 3.28. The molecule has 1 unspecified atom stereocenters. The molecule has 178 valence electrons. The van der Waals surface area contributed by atoms with Gasteiger partial charge in [0.15, 0.2) is 11.5 Å². The molecule has 0 bridgehead atoms. The molecule has 4 rings (SSSR count). The first kappa shape index (κ1) is 23.2. The van der Waals surface area contributed by atoms with Gasteiger partial charge in [0.25, 0.3) is 0 Å². The zero-order valence-corrected chi connectivity index (χ0v) is 19.5. The van der Waals surface area contributed by atoms with Crippen molar-refractivity contribution in [3.05, 3.63) is 36.0 Å². The molecule has 2 fully saturated rings. The second kappa shape index (κ2) is 9.87. The molecule has 0 N–H and O–H groups in total. The first-order chi connectivity index (χ1) is 16.5. The highest BCUT2D eigenvalue weighted by atomic mass is 16.5. The third kappa shape index (κ3) is 4.29. The Morgan fingerprint density at radius 1 is 1.09 bits per heavy atom. The molecule has 3 heterocycles. The van der Waals surface area contributed by atoms with E-state index in [9.17, 15) is 14.9 Å². The van der Waals surface area contributed by atoms with Crippen LogP contribution >= 0.6 is 0 Å². The van der Waals surface area contributed by atoms with Gasteiger partial charge >= 0.3 is 0 Å². The highest BCUT2D eigenvalue weighted by molar-refractivity contribution is 6.00. The number of hydrogen-bond donors (Lipinski definition) is 0. The quantitative estimate of drug-likeness (QED) is 0.634. The summed E-state index contributed by atoms with van der Waals surface area (Å²) in [6, 6.07) is 9.07. The van der Waals surface area contributed by atoms with Crippen LogP contribution in [0, 0.1) is 17.2 Å². The minimum absolute atomic E-state index is 0.0375. The Hall–Kier alpha value is -4.00. The van der Waals surface area contributed by atoms with Crippen molar-refractivity contribution in [2.24, 2.45) is 5.92 Å². The number of hydrogen-bond acceptors (Lipinski definition) is 8. The van der Waals surface area contributed by atoms with E-state index in [2.05, 4.69) is 11.1 Å². The largest absolute Gasteiger partial charge is 0.493 e. The summed E-state index contributed by atoms with van der Waals surface area (Å²) < 4.78 is 16.2. The van der Waals surface area contributed by atoms with Crippen LogP contribution in [0.4, 0.5) is 11.5 Å². The maximum atomic E-state index is 13.2. The van der Waals surface area contributed by atoms with E-state index in [1.807, 2.05) is 4.90 Å². The number of rotatable bonds is 6. The first-order valence-corrected chi connectivity index (χ1v) is 11.0. The average molecular weight is 466 g/mol. The number of carbonyl (C=O) groups excluding carboxylic acids is 2. The minimum Gasteiger partial charge on any atom is -0.493 e. The van der Waals surface area contributed by atoms with Crippen LogP contribution in [0.1, 0.15) is 12.0 Å². The van der Waals surface area contributed by atoms with Crippen LogP contribution < -0.4 is 24.0 Å². The molecule has 1 aromatic heterocycles. The lowest BCUT2D eigenvalue weighted by molar-refractivity contribution is -0.136. The van der Waals surface area contributed by atoms with Crippen molar-refractivity contribution in [3.63, 3.8) is 0 Å². The van der Waals surface area contributed by atoms with Gasteiger partial charge in [0, 0.05) is 57.5 Å². The number of anilines is 2. The van der Waals surface area contributed by atoms with Gasteiger partial charge in [-0.1, -0.05) is 0 Å².